The summed E-state index contributed by atoms with van der Waals surface area (Å²) in [5.41, 5.74) is 1.97. The fraction of sp³-hybridized carbons (Fsp3) is 0. The zero-order chi connectivity index (χ0) is 18.4. The largest absolute Gasteiger partial charge is 0.323 e. The molecule has 0 aliphatic rings. The summed E-state index contributed by atoms with van der Waals surface area (Å²) in [5, 5.41) is 8.59. The predicted molar refractivity (Wildman–Crippen MR) is 105 cm³/mol. The maximum absolute atomic E-state index is 12.4. The highest BCUT2D eigenvalue weighted by atomic mass is 35.5. The molecule has 3 amide bonds. The molecule has 6 heteroatoms. The number of benzene rings is 3. The Morgan fingerprint density at radius 2 is 1.23 bits per heavy atom. The Morgan fingerprint density at radius 3 is 1.92 bits per heavy atom. The third-order valence-electron chi connectivity index (χ3n) is 3.57. The Kier molecular flexibility index (Phi) is 5.51. The van der Waals surface area contributed by atoms with Crippen LogP contribution in [-0.4, -0.2) is 11.9 Å². The molecule has 0 aliphatic carbocycles. The minimum Gasteiger partial charge on any atom is -0.320 e. The second-order valence-electron chi connectivity index (χ2n) is 5.42. The van der Waals surface area contributed by atoms with Crippen molar-refractivity contribution in [1.29, 1.82) is 0 Å². The molecule has 0 aromatic heterocycles. The molecule has 130 valence electrons. The van der Waals surface area contributed by atoms with Crippen molar-refractivity contribution in [3.05, 3.63) is 89.4 Å². The maximum Gasteiger partial charge on any atom is 0.323 e. The van der Waals surface area contributed by atoms with Crippen molar-refractivity contribution in [3.63, 3.8) is 0 Å². The van der Waals surface area contributed by atoms with E-state index >= 15 is 0 Å². The molecule has 26 heavy (non-hydrogen) atoms. The van der Waals surface area contributed by atoms with E-state index in [2.05, 4.69) is 16.0 Å². The van der Waals surface area contributed by atoms with E-state index in [1.54, 1.807) is 60.7 Å². The molecule has 0 saturated heterocycles. The van der Waals surface area contributed by atoms with Crippen LogP contribution in [0.25, 0.3) is 0 Å². The monoisotopic (exact) mass is 365 g/mol. The fourth-order valence-electron chi connectivity index (χ4n) is 2.34. The number of amides is 3. The second kappa shape index (κ2) is 8.18. The van der Waals surface area contributed by atoms with Crippen LogP contribution in [0.3, 0.4) is 0 Å². The summed E-state index contributed by atoms with van der Waals surface area (Å²) in [7, 11) is 0. The van der Waals surface area contributed by atoms with E-state index in [-0.39, 0.29) is 5.91 Å². The van der Waals surface area contributed by atoms with Crippen molar-refractivity contribution >= 4 is 40.6 Å². The van der Waals surface area contributed by atoms with Gasteiger partial charge in [0.2, 0.25) is 0 Å². The zero-order valence-corrected chi connectivity index (χ0v) is 14.5. The lowest BCUT2D eigenvalue weighted by atomic mass is 10.2. The number of urea groups is 1. The number of hydrogen-bond acceptors (Lipinski definition) is 2. The molecule has 0 radical (unpaired) electrons. The van der Waals surface area contributed by atoms with Crippen LogP contribution in [0.2, 0.25) is 5.02 Å². The number of anilines is 3. The van der Waals surface area contributed by atoms with Gasteiger partial charge in [-0.2, -0.15) is 0 Å². The number of nitrogens with one attached hydrogen (secondary N) is 3. The van der Waals surface area contributed by atoms with Gasteiger partial charge in [-0.25, -0.2) is 4.79 Å². The molecule has 3 rings (SSSR count). The summed E-state index contributed by atoms with van der Waals surface area (Å²) < 4.78 is 0. The summed E-state index contributed by atoms with van der Waals surface area (Å²) in [6, 6.07) is 22.4. The van der Waals surface area contributed by atoms with E-state index in [1.807, 2.05) is 18.2 Å². The van der Waals surface area contributed by atoms with E-state index < -0.39 is 6.03 Å². The van der Waals surface area contributed by atoms with Gasteiger partial charge >= 0.3 is 6.03 Å². The van der Waals surface area contributed by atoms with Crippen LogP contribution in [-0.2, 0) is 0 Å². The molecule has 0 heterocycles. The first-order valence-corrected chi connectivity index (χ1v) is 8.29. The third kappa shape index (κ3) is 4.40. The Bertz CT molecular complexity index is 929. The molecule has 3 N–H and O–H groups in total. The lowest BCUT2D eigenvalue weighted by molar-refractivity contribution is 0.102. The van der Waals surface area contributed by atoms with Gasteiger partial charge in [0.1, 0.15) is 0 Å². The van der Waals surface area contributed by atoms with Gasteiger partial charge in [-0.15, -0.1) is 0 Å². The molecule has 3 aromatic carbocycles. The number of carbonyl (C=O) groups is 2. The lowest BCUT2D eigenvalue weighted by Gasteiger charge is -2.13. The van der Waals surface area contributed by atoms with Gasteiger partial charge in [0.25, 0.3) is 5.91 Å². The molecule has 0 atom stereocenters. The average Bonchev–Trinajstić information content (AvgIpc) is 2.64. The molecular weight excluding hydrogens is 350 g/mol. The minimum atomic E-state index is -0.407. The Labute approximate surface area is 156 Å². The first kappa shape index (κ1) is 17.5. The highest BCUT2D eigenvalue weighted by Gasteiger charge is 2.13. The number of carbonyl (C=O) groups excluding carboxylic acids is 2. The van der Waals surface area contributed by atoms with Crippen LogP contribution in [0.5, 0.6) is 0 Å². The number of rotatable bonds is 4. The molecule has 0 bridgehead atoms. The molecule has 5 nitrogen and oxygen atoms in total. The van der Waals surface area contributed by atoms with Gasteiger partial charge in [0.05, 0.1) is 22.0 Å². The van der Waals surface area contributed by atoms with E-state index in [9.17, 15) is 9.59 Å². The van der Waals surface area contributed by atoms with Crippen molar-refractivity contribution in [3.8, 4) is 0 Å². The van der Waals surface area contributed by atoms with Gasteiger partial charge in [0, 0.05) is 5.69 Å². The van der Waals surface area contributed by atoms with Crippen LogP contribution < -0.4 is 16.0 Å². The van der Waals surface area contributed by atoms with Crippen molar-refractivity contribution in [2.75, 3.05) is 16.0 Å². The molecule has 0 spiro atoms. The summed E-state index contributed by atoms with van der Waals surface area (Å²) in [6.07, 6.45) is 0. The van der Waals surface area contributed by atoms with E-state index in [0.29, 0.717) is 27.6 Å². The summed E-state index contributed by atoms with van der Waals surface area (Å²) in [4.78, 5) is 24.6. The Balaban J connectivity index is 1.73. The van der Waals surface area contributed by atoms with Crippen LogP contribution in [0, 0.1) is 0 Å². The predicted octanol–water partition coefficient (Wildman–Crippen LogP) is 5.24. The topological polar surface area (TPSA) is 70.2 Å². The van der Waals surface area contributed by atoms with Crippen molar-refractivity contribution in [1.82, 2.24) is 0 Å². The standard InChI is InChI=1S/C20H16ClN3O2/c21-16-11-5-4-10-15(16)19(25)23-17-12-6-7-13-18(17)24-20(26)22-14-8-2-1-3-9-14/h1-13H,(H,23,25)(H2,22,24,26). The van der Waals surface area contributed by atoms with Gasteiger partial charge in [-0.1, -0.05) is 54.1 Å². The van der Waals surface area contributed by atoms with E-state index in [0.717, 1.165) is 0 Å². The average molecular weight is 366 g/mol. The summed E-state index contributed by atoms with van der Waals surface area (Å²) in [5.74, 6) is -0.353. The molecule has 0 saturated carbocycles. The first-order chi connectivity index (χ1) is 12.6. The van der Waals surface area contributed by atoms with Crippen molar-refractivity contribution in [2.45, 2.75) is 0 Å². The quantitative estimate of drug-likeness (QED) is 0.592. The van der Waals surface area contributed by atoms with Gasteiger partial charge in [0.15, 0.2) is 0 Å². The number of halogens is 1. The fourth-order valence-corrected chi connectivity index (χ4v) is 2.56. The highest BCUT2D eigenvalue weighted by molar-refractivity contribution is 6.34. The van der Waals surface area contributed by atoms with Crippen LogP contribution >= 0.6 is 11.6 Å². The van der Waals surface area contributed by atoms with E-state index in [1.165, 1.54) is 0 Å². The molecule has 3 aromatic rings. The summed E-state index contributed by atoms with van der Waals surface area (Å²) in [6.45, 7) is 0. The normalized spacial score (nSPS) is 10.0. The van der Waals surface area contributed by atoms with Gasteiger partial charge in [-0.05, 0) is 36.4 Å². The van der Waals surface area contributed by atoms with Gasteiger partial charge in [-0.3, -0.25) is 4.79 Å². The highest BCUT2D eigenvalue weighted by Crippen LogP contribution is 2.23. The zero-order valence-electron chi connectivity index (χ0n) is 13.7. The van der Waals surface area contributed by atoms with Crippen molar-refractivity contribution in [2.24, 2.45) is 0 Å². The number of hydrogen-bond donors (Lipinski definition) is 3. The summed E-state index contributed by atoms with van der Waals surface area (Å²) >= 11 is 6.06. The smallest absolute Gasteiger partial charge is 0.320 e. The number of para-hydroxylation sites is 3. The lowest BCUT2D eigenvalue weighted by Crippen LogP contribution is -2.21. The molecule has 0 aliphatic heterocycles. The Morgan fingerprint density at radius 1 is 0.654 bits per heavy atom. The Hall–Kier alpha value is -3.31. The van der Waals surface area contributed by atoms with Crippen LogP contribution in [0.1, 0.15) is 10.4 Å². The SMILES string of the molecule is O=C(Nc1ccccc1)Nc1ccccc1NC(=O)c1ccccc1Cl. The second-order valence-corrected chi connectivity index (χ2v) is 5.83. The van der Waals surface area contributed by atoms with Crippen LogP contribution in [0.15, 0.2) is 78.9 Å². The molecule has 0 unspecified atom stereocenters. The molecule has 0 fully saturated rings. The van der Waals surface area contributed by atoms with Crippen LogP contribution in [0.4, 0.5) is 21.9 Å². The first-order valence-electron chi connectivity index (χ1n) is 7.91. The van der Waals surface area contributed by atoms with Gasteiger partial charge < -0.3 is 16.0 Å². The third-order valence-corrected chi connectivity index (χ3v) is 3.90. The van der Waals surface area contributed by atoms with Crippen molar-refractivity contribution < 1.29 is 9.59 Å². The van der Waals surface area contributed by atoms with E-state index in [4.69, 9.17) is 11.6 Å². The minimum absolute atomic E-state index is 0.353. The molecular formula is C20H16ClN3O2. The maximum atomic E-state index is 12.4.